The van der Waals surface area contributed by atoms with Gasteiger partial charge in [-0.15, -0.1) is 0 Å². The molecule has 0 N–H and O–H groups in total. The molecule has 0 aliphatic carbocycles. The number of allylic oxidation sites excluding steroid dienone is 25. The zero-order chi connectivity index (χ0) is 47.7. The summed E-state index contributed by atoms with van der Waals surface area (Å²) in [7, 11) is 0. The maximum Gasteiger partial charge on any atom is 0.309 e. The van der Waals surface area contributed by atoms with Crippen molar-refractivity contribution in [3.05, 3.63) is 158 Å². The van der Waals surface area contributed by atoms with E-state index in [1.807, 2.05) is 12.2 Å². The first-order valence-corrected chi connectivity index (χ1v) is 26.0. The largest absolute Gasteiger partial charge is 0.461 e. The molecule has 0 aromatic rings. The molecule has 0 saturated carbocycles. The van der Waals surface area contributed by atoms with E-state index in [-0.39, 0.29) is 31.6 Å². The topological polar surface area (TPSA) is 61.8 Å². The van der Waals surface area contributed by atoms with Gasteiger partial charge in [0.05, 0.1) is 13.0 Å². The monoisotopic (exact) mass is 907 g/mol. The Bertz CT molecular complexity index is 1490. The molecule has 1 unspecified atom stereocenters. The minimum atomic E-state index is -0.626. The summed E-state index contributed by atoms with van der Waals surface area (Å²) in [6, 6.07) is 0. The van der Waals surface area contributed by atoms with Crippen molar-refractivity contribution in [1.82, 2.24) is 0 Å². The molecule has 0 bridgehead atoms. The Morgan fingerprint density at radius 3 is 1.17 bits per heavy atom. The normalized spacial score (nSPS) is 13.6. The van der Waals surface area contributed by atoms with Crippen LogP contribution in [0.1, 0.15) is 188 Å². The second-order valence-electron chi connectivity index (χ2n) is 16.3. The third-order valence-electron chi connectivity index (χ3n) is 10.1. The van der Waals surface area contributed by atoms with E-state index in [0.29, 0.717) is 13.0 Å². The average Bonchev–Trinajstić information content (AvgIpc) is 3.32. The van der Waals surface area contributed by atoms with Gasteiger partial charge in [-0.05, 0) is 122 Å². The SMILES string of the molecule is CC/C=C\C/C=C\C/C=C\C/C=C\C/C=C\C/C=C\CCCOCC(COC(=O)C/C=C\C/C=C\C/C=C\C/C=C\C/C=C\CC)OC(=O)CCCCCCC/C=C\C/C=C\CCCCC. The molecule has 0 fully saturated rings. The van der Waals surface area contributed by atoms with Crippen molar-refractivity contribution in [3.63, 3.8) is 0 Å². The molecule has 0 saturated heterocycles. The molecule has 0 amide bonds. The van der Waals surface area contributed by atoms with Crippen LogP contribution in [0.4, 0.5) is 0 Å². The molecular weight excluding hydrogens is 813 g/mol. The van der Waals surface area contributed by atoms with Gasteiger partial charge >= 0.3 is 11.9 Å². The van der Waals surface area contributed by atoms with Crippen LogP contribution in [0.5, 0.6) is 0 Å². The lowest BCUT2D eigenvalue weighted by Gasteiger charge is -2.18. The van der Waals surface area contributed by atoms with Crippen molar-refractivity contribution in [1.29, 1.82) is 0 Å². The zero-order valence-electron chi connectivity index (χ0n) is 42.1. The highest BCUT2D eigenvalue weighted by Crippen LogP contribution is 2.11. The average molecular weight is 907 g/mol. The Balaban J connectivity index is 4.56. The third-order valence-corrected chi connectivity index (χ3v) is 10.1. The van der Waals surface area contributed by atoms with E-state index in [9.17, 15) is 9.59 Å². The number of esters is 2. The quantitative estimate of drug-likeness (QED) is 0.0346. The first-order valence-electron chi connectivity index (χ1n) is 26.0. The predicted molar refractivity (Wildman–Crippen MR) is 288 cm³/mol. The van der Waals surface area contributed by atoms with Gasteiger partial charge in [-0.25, -0.2) is 0 Å². The van der Waals surface area contributed by atoms with Crippen LogP contribution in [-0.4, -0.2) is 37.9 Å². The molecule has 1 atom stereocenters. The fraction of sp³-hybridized carbons (Fsp3) is 0.541. The Labute approximate surface area is 405 Å². The number of rotatable bonds is 45. The minimum Gasteiger partial charge on any atom is -0.461 e. The van der Waals surface area contributed by atoms with E-state index >= 15 is 0 Å². The van der Waals surface area contributed by atoms with E-state index in [0.717, 1.165) is 122 Å². The van der Waals surface area contributed by atoms with Crippen LogP contribution in [0.25, 0.3) is 0 Å². The van der Waals surface area contributed by atoms with Gasteiger partial charge in [0.25, 0.3) is 0 Å². The number of hydrogen-bond acceptors (Lipinski definition) is 5. The van der Waals surface area contributed by atoms with Gasteiger partial charge in [0.15, 0.2) is 6.10 Å². The van der Waals surface area contributed by atoms with Gasteiger partial charge in [0, 0.05) is 13.0 Å². The maximum atomic E-state index is 12.8. The molecule has 0 aromatic carbocycles. The maximum absolute atomic E-state index is 12.8. The molecule has 0 radical (unpaired) electrons. The molecule has 5 heteroatoms. The molecule has 0 aliphatic heterocycles. The summed E-state index contributed by atoms with van der Waals surface area (Å²) in [5.74, 6) is -0.607. The summed E-state index contributed by atoms with van der Waals surface area (Å²) in [4.78, 5) is 25.3. The molecule has 0 aliphatic rings. The second kappa shape index (κ2) is 54.9. The van der Waals surface area contributed by atoms with E-state index in [1.54, 1.807) is 0 Å². The Morgan fingerprint density at radius 1 is 0.364 bits per heavy atom. The van der Waals surface area contributed by atoms with Crippen molar-refractivity contribution >= 4 is 11.9 Å². The lowest BCUT2D eigenvalue weighted by Crippen LogP contribution is -2.30. The smallest absolute Gasteiger partial charge is 0.309 e. The van der Waals surface area contributed by atoms with Crippen molar-refractivity contribution in [2.24, 2.45) is 0 Å². The molecule has 5 nitrogen and oxygen atoms in total. The lowest BCUT2D eigenvalue weighted by atomic mass is 10.1. The molecule has 66 heavy (non-hydrogen) atoms. The summed E-state index contributed by atoms with van der Waals surface area (Å²) >= 11 is 0. The molecule has 0 spiro atoms. The van der Waals surface area contributed by atoms with Gasteiger partial charge in [-0.2, -0.15) is 0 Å². The van der Waals surface area contributed by atoms with Crippen LogP contribution in [0.3, 0.4) is 0 Å². The molecule has 0 rings (SSSR count). The number of ether oxygens (including phenoxy) is 3. The van der Waals surface area contributed by atoms with Crippen molar-refractivity contribution < 1.29 is 23.8 Å². The summed E-state index contributed by atoms with van der Waals surface area (Å²) in [5, 5.41) is 0. The predicted octanol–water partition coefficient (Wildman–Crippen LogP) is 17.9. The summed E-state index contributed by atoms with van der Waals surface area (Å²) in [6.45, 7) is 7.27. The van der Waals surface area contributed by atoms with E-state index in [1.165, 1.54) is 32.1 Å². The fourth-order valence-electron chi connectivity index (χ4n) is 6.27. The first kappa shape index (κ1) is 61.5. The van der Waals surface area contributed by atoms with Crippen LogP contribution < -0.4 is 0 Å². The molecular formula is C61H94O5. The first-order chi connectivity index (χ1) is 32.6. The Hall–Kier alpha value is -4.48. The van der Waals surface area contributed by atoms with E-state index < -0.39 is 6.10 Å². The number of hydrogen-bond donors (Lipinski definition) is 0. The second-order valence-corrected chi connectivity index (χ2v) is 16.3. The van der Waals surface area contributed by atoms with E-state index in [4.69, 9.17) is 14.2 Å². The molecule has 0 aromatic heterocycles. The van der Waals surface area contributed by atoms with Gasteiger partial charge in [0.2, 0.25) is 0 Å². The zero-order valence-corrected chi connectivity index (χ0v) is 42.1. The summed E-state index contributed by atoms with van der Waals surface area (Å²) < 4.78 is 17.2. The van der Waals surface area contributed by atoms with Gasteiger partial charge in [0.1, 0.15) is 6.61 Å². The highest BCUT2D eigenvalue weighted by atomic mass is 16.6. The van der Waals surface area contributed by atoms with Gasteiger partial charge in [-0.3, -0.25) is 9.59 Å². The number of unbranched alkanes of at least 4 members (excludes halogenated alkanes) is 9. The van der Waals surface area contributed by atoms with E-state index in [2.05, 4.69) is 167 Å². The van der Waals surface area contributed by atoms with Crippen LogP contribution in [0.2, 0.25) is 0 Å². The number of carbonyl (C=O) groups is 2. The van der Waals surface area contributed by atoms with Crippen molar-refractivity contribution in [3.8, 4) is 0 Å². The third kappa shape index (κ3) is 52.1. The Morgan fingerprint density at radius 2 is 0.727 bits per heavy atom. The lowest BCUT2D eigenvalue weighted by molar-refractivity contribution is -0.162. The highest BCUT2D eigenvalue weighted by Gasteiger charge is 2.17. The van der Waals surface area contributed by atoms with Crippen LogP contribution in [0, 0.1) is 0 Å². The molecule has 368 valence electrons. The number of carbonyl (C=O) groups excluding carboxylic acids is 2. The van der Waals surface area contributed by atoms with Gasteiger partial charge < -0.3 is 14.2 Å². The summed E-state index contributed by atoms with van der Waals surface area (Å²) in [6.07, 6.45) is 81.4. The van der Waals surface area contributed by atoms with Gasteiger partial charge in [-0.1, -0.05) is 211 Å². The standard InChI is InChI=1S/C61H94O5/c1-4-7-10-13-16-19-22-25-28-29-30-31-32-35-38-41-44-47-50-53-56-64-57-59(66-61(63)55-52-49-46-43-40-37-34-27-24-21-18-15-12-9-6-3)58-65-60(62)54-51-48-45-42-39-36-33-26-23-20-17-14-11-8-5-2/h7-8,10-11,16-21,25-28,30-31,33-35,38-39,42,44,47-48,51,59H,4-6,9,12-15,22-24,29,32,36-37,40-41,43,45-46,49-50,52-58H2,1-3H3/b10-7-,11-8-,19-16-,20-17-,21-18-,28-25-,31-30-,33-26-,34-27-,38-35-,42-39-,47-44-,51-48-. The van der Waals surface area contributed by atoms with Crippen molar-refractivity contribution in [2.45, 2.75) is 194 Å². The van der Waals surface area contributed by atoms with Crippen LogP contribution in [-0.2, 0) is 23.8 Å². The van der Waals surface area contributed by atoms with Crippen molar-refractivity contribution in [2.75, 3.05) is 19.8 Å². The highest BCUT2D eigenvalue weighted by molar-refractivity contribution is 5.71. The summed E-state index contributed by atoms with van der Waals surface area (Å²) in [5.41, 5.74) is 0. The minimum absolute atomic E-state index is 0.00933. The fourth-order valence-corrected chi connectivity index (χ4v) is 6.27. The molecule has 0 heterocycles. The van der Waals surface area contributed by atoms with Crippen LogP contribution in [0.15, 0.2) is 158 Å². The van der Waals surface area contributed by atoms with Crippen LogP contribution >= 0.6 is 0 Å². The Kier molecular flexibility index (Phi) is 51.1.